The fraction of sp³-hybridized carbons (Fsp3) is 0.167. The van der Waals surface area contributed by atoms with Gasteiger partial charge in [0.15, 0.2) is 0 Å². The van der Waals surface area contributed by atoms with Crippen LogP contribution in [0.3, 0.4) is 0 Å². The fourth-order valence-electron chi connectivity index (χ4n) is 3.14. The molecule has 0 saturated heterocycles. The van der Waals surface area contributed by atoms with Crippen molar-refractivity contribution in [2.24, 2.45) is 0 Å². The predicted molar refractivity (Wildman–Crippen MR) is 115 cm³/mol. The van der Waals surface area contributed by atoms with Crippen LogP contribution in [0.15, 0.2) is 67.1 Å². The molecule has 28 heavy (non-hydrogen) atoms. The zero-order valence-corrected chi connectivity index (χ0v) is 16.2. The Bertz CT molecular complexity index is 1090. The first-order chi connectivity index (χ1) is 13.8. The van der Waals surface area contributed by atoms with Crippen molar-refractivity contribution in [3.63, 3.8) is 0 Å². The molecule has 0 bridgehead atoms. The first-order valence-electron chi connectivity index (χ1n) is 9.60. The molecular weight excluding hydrogens is 346 g/mol. The van der Waals surface area contributed by atoms with Crippen molar-refractivity contribution in [3.8, 4) is 11.6 Å². The summed E-state index contributed by atoms with van der Waals surface area (Å²) in [6, 6.07) is 18.8. The molecule has 2 aromatic carbocycles. The van der Waals surface area contributed by atoms with Crippen LogP contribution < -0.4 is 4.74 Å². The van der Waals surface area contributed by atoms with Crippen molar-refractivity contribution >= 4 is 23.2 Å². The van der Waals surface area contributed by atoms with Crippen LogP contribution in [0.1, 0.15) is 30.5 Å². The number of fused-ring (bicyclic) bond motifs is 1. The van der Waals surface area contributed by atoms with Gasteiger partial charge in [-0.15, -0.1) is 0 Å². The lowest BCUT2D eigenvalue weighted by atomic mass is 10.1. The Morgan fingerprint density at radius 2 is 1.68 bits per heavy atom. The Morgan fingerprint density at radius 1 is 0.893 bits per heavy atom. The standard InChI is InChI=1S/C24H23N3O/c1-3-18-5-7-19(8-6-18)9-10-20-11-13-23-22(15-20)26-17-27(23)24-14-12-21(16-25-24)28-4-2/h5-17H,3-4H2,1-2H3. The van der Waals surface area contributed by atoms with Gasteiger partial charge in [-0.25, -0.2) is 9.97 Å². The minimum absolute atomic E-state index is 0.633. The highest BCUT2D eigenvalue weighted by Gasteiger charge is 2.06. The Labute approximate surface area is 165 Å². The van der Waals surface area contributed by atoms with Crippen molar-refractivity contribution in [2.45, 2.75) is 20.3 Å². The summed E-state index contributed by atoms with van der Waals surface area (Å²) < 4.78 is 7.45. The maximum absolute atomic E-state index is 5.46. The average Bonchev–Trinajstić information content (AvgIpc) is 3.17. The van der Waals surface area contributed by atoms with E-state index < -0.39 is 0 Å². The molecule has 0 saturated carbocycles. The minimum Gasteiger partial charge on any atom is -0.492 e. The van der Waals surface area contributed by atoms with Gasteiger partial charge < -0.3 is 4.74 Å². The molecule has 0 aliphatic carbocycles. The van der Waals surface area contributed by atoms with E-state index in [1.807, 2.05) is 30.0 Å². The topological polar surface area (TPSA) is 39.9 Å². The smallest absolute Gasteiger partial charge is 0.138 e. The van der Waals surface area contributed by atoms with Crippen LogP contribution in [0.2, 0.25) is 0 Å². The van der Waals surface area contributed by atoms with Crippen LogP contribution in [0.5, 0.6) is 5.75 Å². The molecule has 0 atom stereocenters. The second kappa shape index (κ2) is 8.09. The van der Waals surface area contributed by atoms with E-state index in [-0.39, 0.29) is 0 Å². The second-order valence-corrected chi connectivity index (χ2v) is 6.58. The second-order valence-electron chi connectivity index (χ2n) is 6.58. The molecule has 0 unspecified atom stereocenters. The quantitative estimate of drug-likeness (QED) is 0.418. The van der Waals surface area contributed by atoms with E-state index in [1.54, 1.807) is 6.20 Å². The number of ether oxygens (including phenoxy) is 1. The SMILES string of the molecule is CCOc1ccc(-n2cnc3cc(C=Cc4ccc(CC)cc4)ccc32)nc1. The third-order valence-electron chi connectivity index (χ3n) is 4.71. The number of benzene rings is 2. The van der Waals surface area contributed by atoms with E-state index in [0.29, 0.717) is 6.61 Å². The van der Waals surface area contributed by atoms with Gasteiger partial charge in [0.1, 0.15) is 17.9 Å². The van der Waals surface area contributed by atoms with Gasteiger partial charge in [-0.1, -0.05) is 49.4 Å². The molecule has 0 aliphatic heterocycles. The van der Waals surface area contributed by atoms with E-state index in [9.17, 15) is 0 Å². The van der Waals surface area contributed by atoms with Crippen LogP contribution in [0.4, 0.5) is 0 Å². The lowest BCUT2D eigenvalue weighted by Crippen LogP contribution is -1.97. The summed E-state index contributed by atoms with van der Waals surface area (Å²) in [4.78, 5) is 9.04. The van der Waals surface area contributed by atoms with Gasteiger partial charge in [-0.2, -0.15) is 0 Å². The van der Waals surface area contributed by atoms with Crippen molar-refractivity contribution in [2.75, 3.05) is 6.61 Å². The number of imidazole rings is 1. The van der Waals surface area contributed by atoms with E-state index in [1.165, 1.54) is 11.1 Å². The minimum atomic E-state index is 0.633. The van der Waals surface area contributed by atoms with Gasteiger partial charge in [0.25, 0.3) is 0 Å². The summed E-state index contributed by atoms with van der Waals surface area (Å²) in [6.07, 6.45) is 8.86. The van der Waals surface area contributed by atoms with Crippen molar-refractivity contribution < 1.29 is 4.74 Å². The van der Waals surface area contributed by atoms with Crippen LogP contribution in [-0.2, 0) is 6.42 Å². The molecule has 0 fully saturated rings. The number of pyridine rings is 1. The molecule has 0 aliphatic rings. The number of nitrogens with zero attached hydrogens (tertiary/aromatic N) is 3. The Balaban J connectivity index is 1.57. The molecule has 2 heterocycles. The maximum atomic E-state index is 5.46. The first kappa shape index (κ1) is 18.0. The summed E-state index contributed by atoms with van der Waals surface area (Å²) in [5.74, 6) is 1.60. The number of hydrogen-bond acceptors (Lipinski definition) is 3. The van der Waals surface area contributed by atoms with E-state index in [0.717, 1.165) is 34.6 Å². The van der Waals surface area contributed by atoms with E-state index in [2.05, 4.69) is 71.5 Å². The molecule has 2 aromatic heterocycles. The zero-order valence-electron chi connectivity index (χ0n) is 16.2. The molecule has 0 spiro atoms. The van der Waals surface area contributed by atoms with Gasteiger partial charge in [0, 0.05) is 0 Å². The Kier molecular flexibility index (Phi) is 5.20. The summed E-state index contributed by atoms with van der Waals surface area (Å²) in [5.41, 5.74) is 5.64. The monoisotopic (exact) mass is 369 g/mol. The zero-order chi connectivity index (χ0) is 19.3. The number of hydrogen-bond donors (Lipinski definition) is 0. The summed E-state index contributed by atoms with van der Waals surface area (Å²) in [5, 5.41) is 0. The third-order valence-corrected chi connectivity index (χ3v) is 4.71. The molecule has 4 rings (SSSR count). The molecule has 0 amide bonds. The Hall–Kier alpha value is -3.40. The third kappa shape index (κ3) is 3.81. The summed E-state index contributed by atoms with van der Waals surface area (Å²) >= 11 is 0. The van der Waals surface area contributed by atoms with Crippen LogP contribution in [0.25, 0.3) is 29.0 Å². The predicted octanol–water partition coefficient (Wildman–Crippen LogP) is 5.55. The Morgan fingerprint density at radius 3 is 2.39 bits per heavy atom. The molecular formula is C24H23N3O. The van der Waals surface area contributed by atoms with Crippen LogP contribution in [-0.4, -0.2) is 21.1 Å². The van der Waals surface area contributed by atoms with Crippen LogP contribution >= 0.6 is 0 Å². The molecule has 4 nitrogen and oxygen atoms in total. The highest BCUT2D eigenvalue weighted by molar-refractivity contribution is 5.82. The van der Waals surface area contributed by atoms with Gasteiger partial charge in [0.05, 0.1) is 23.8 Å². The van der Waals surface area contributed by atoms with Gasteiger partial charge in [-0.3, -0.25) is 4.57 Å². The van der Waals surface area contributed by atoms with Crippen molar-refractivity contribution in [1.82, 2.24) is 14.5 Å². The van der Waals surface area contributed by atoms with Gasteiger partial charge in [0.2, 0.25) is 0 Å². The largest absolute Gasteiger partial charge is 0.492 e. The lowest BCUT2D eigenvalue weighted by Gasteiger charge is -2.06. The molecule has 0 radical (unpaired) electrons. The molecule has 4 heteroatoms. The van der Waals surface area contributed by atoms with E-state index in [4.69, 9.17) is 4.74 Å². The summed E-state index contributed by atoms with van der Waals surface area (Å²) in [7, 11) is 0. The molecule has 4 aromatic rings. The number of aryl methyl sites for hydroxylation is 1. The normalized spacial score (nSPS) is 11.4. The average molecular weight is 369 g/mol. The molecule has 140 valence electrons. The van der Waals surface area contributed by atoms with E-state index >= 15 is 0 Å². The lowest BCUT2D eigenvalue weighted by molar-refractivity contribution is 0.339. The van der Waals surface area contributed by atoms with Gasteiger partial charge in [-0.05, 0) is 54.3 Å². The maximum Gasteiger partial charge on any atom is 0.138 e. The van der Waals surface area contributed by atoms with Crippen LogP contribution in [0, 0.1) is 0 Å². The highest BCUT2D eigenvalue weighted by Crippen LogP contribution is 2.21. The first-order valence-corrected chi connectivity index (χ1v) is 9.60. The number of rotatable bonds is 6. The number of aromatic nitrogens is 3. The molecule has 0 N–H and O–H groups in total. The van der Waals surface area contributed by atoms with Crippen molar-refractivity contribution in [3.05, 3.63) is 83.8 Å². The highest BCUT2D eigenvalue weighted by atomic mass is 16.5. The fourth-order valence-corrected chi connectivity index (χ4v) is 3.14. The van der Waals surface area contributed by atoms with Crippen molar-refractivity contribution in [1.29, 1.82) is 0 Å². The summed E-state index contributed by atoms with van der Waals surface area (Å²) in [6.45, 7) is 4.76. The van der Waals surface area contributed by atoms with Gasteiger partial charge >= 0.3 is 0 Å².